The van der Waals surface area contributed by atoms with E-state index < -0.39 is 5.60 Å². The lowest BCUT2D eigenvalue weighted by Crippen LogP contribution is -2.39. The van der Waals surface area contributed by atoms with Crippen molar-refractivity contribution in [3.05, 3.63) is 65.2 Å². The van der Waals surface area contributed by atoms with Crippen molar-refractivity contribution in [1.82, 2.24) is 4.90 Å². The predicted molar refractivity (Wildman–Crippen MR) is 95.2 cm³/mol. The largest absolute Gasteiger partial charge is 0.488 e. The summed E-state index contributed by atoms with van der Waals surface area (Å²) in [5.41, 5.74) is 1.80. The van der Waals surface area contributed by atoms with Crippen LogP contribution in [0.3, 0.4) is 0 Å². The van der Waals surface area contributed by atoms with Gasteiger partial charge in [-0.3, -0.25) is 4.79 Å². The molecule has 0 fully saturated rings. The number of carbonyl (C=O) groups excluding carboxylic acids is 1. The number of hydrogen-bond acceptors (Lipinski definition) is 3. The van der Waals surface area contributed by atoms with E-state index in [0.717, 1.165) is 11.1 Å². The Morgan fingerprint density at radius 3 is 2.42 bits per heavy atom. The molecule has 1 amide bonds. The maximum atomic E-state index is 12.7. The van der Waals surface area contributed by atoms with Gasteiger partial charge in [-0.05, 0) is 44.0 Å². The van der Waals surface area contributed by atoms with Gasteiger partial charge >= 0.3 is 0 Å². The van der Waals surface area contributed by atoms with Gasteiger partial charge in [0.2, 0.25) is 0 Å². The third-order valence-corrected chi connectivity index (χ3v) is 3.73. The normalized spacial score (nSPS) is 11.2. The van der Waals surface area contributed by atoms with Gasteiger partial charge in [0.15, 0.2) is 0 Å². The van der Waals surface area contributed by atoms with E-state index in [2.05, 4.69) is 0 Å². The van der Waals surface area contributed by atoms with Gasteiger partial charge in [-0.25, -0.2) is 0 Å². The number of amides is 1. The van der Waals surface area contributed by atoms with Crippen molar-refractivity contribution >= 4 is 5.91 Å². The van der Waals surface area contributed by atoms with Crippen LogP contribution in [-0.4, -0.2) is 35.1 Å². The minimum Gasteiger partial charge on any atom is -0.488 e. The smallest absolute Gasteiger partial charge is 0.257 e. The Morgan fingerprint density at radius 1 is 1.12 bits per heavy atom. The zero-order valence-electron chi connectivity index (χ0n) is 14.7. The molecule has 2 aromatic carbocycles. The molecule has 0 spiro atoms. The lowest BCUT2D eigenvalue weighted by molar-refractivity contribution is 0.0365. The molecule has 0 aliphatic carbocycles. The Kier molecular flexibility index (Phi) is 5.62. The molecule has 0 bridgehead atoms. The summed E-state index contributed by atoms with van der Waals surface area (Å²) in [6, 6.07) is 15.2. The summed E-state index contributed by atoms with van der Waals surface area (Å²) < 4.78 is 5.90. The van der Waals surface area contributed by atoms with Gasteiger partial charge in [0.05, 0.1) is 11.2 Å². The number of aliphatic hydroxyl groups is 1. The molecule has 24 heavy (non-hydrogen) atoms. The van der Waals surface area contributed by atoms with Crippen LogP contribution in [0, 0.1) is 6.92 Å². The van der Waals surface area contributed by atoms with Gasteiger partial charge in [-0.1, -0.05) is 36.4 Å². The molecule has 1 N–H and O–H groups in total. The summed E-state index contributed by atoms with van der Waals surface area (Å²) in [7, 11) is 1.68. The molecule has 4 nitrogen and oxygen atoms in total. The number of benzene rings is 2. The van der Waals surface area contributed by atoms with E-state index in [1.807, 2.05) is 43.3 Å². The average molecular weight is 327 g/mol. The van der Waals surface area contributed by atoms with E-state index in [1.54, 1.807) is 33.0 Å². The quantitative estimate of drug-likeness (QED) is 0.884. The van der Waals surface area contributed by atoms with Crippen molar-refractivity contribution in [3.8, 4) is 5.75 Å². The first-order chi connectivity index (χ1) is 11.3. The van der Waals surface area contributed by atoms with Crippen LogP contribution in [0.2, 0.25) is 0 Å². The van der Waals surface area contributed by atoms with Crippen LogP contribution in [0.15, 0.2) is 48.5 Å². The molecule has 4 heteroatoms. The van der Waals surface area contributed by atoms with E-state index in [4.69, 9.17) is 4.74 Å². The van der Waals surface area contributed by atoms with E-state index in [9.17, 15) is 9.90 Å². The molecule has 2 rings (SSSR count). The molecule has 0 unspecified atom stereocenters. The molecule has 0 atom stereocenters. The Labute approximate surface area is 143 Å². The summed E-state index contributed by atoms with van der Waals surface area (Å²) >= 11 is 0. The minimum atomic E-state index is -0.943. The van der Waals surface area contributed by atoms with E-state index in [-0.39, 0.29) is 12.5 Å². The second-order valence-electron chi connectivity index (χ2n) is 6.68. The first-order valence-corrected chi connectivity index (χ1v) is 8.02. The molecule has 2 aromatic rings. The monoisotopic (exact) mass is 327 g/mol. The molecule has 0 aliphatic heterocycles. The lowest BCUT2D eigenvalue weighted by Gasteiger charge is -2.26. The first-order valence-electron chi connectivity index (χ1n) is 8.02. The second kappa shape index (κ2) is 7.49. The Bertz CT molecular complexity index is 704. The molecule has 0 saturated carbocycles. The predicted octanol–water partition coefficient (Wildman–Crippen LogP) is 3.42. The highest BCUT2D eigenvalue weighted by molar-refractivity contribution is 5.96. The van der Waals surface area contributed by atoms with Crippen molar-refractivity contribution in [2.45, 2.75) is 33.0 Å². The zero-order valence-corrected chi connectivity index (χ0v) is 14.7. The second-order valence-corrected chi connectivity index (χ2v) is 6.68. The van der Waals surface area contributed by atoms with Crippen LogP contribution in [0.25, 0.3) is 0 Å². The molecule has 0 radical (unpaired) electrons. The summed E-state index contributed by atoms with van der Waals surface area (Å²) in [6.45, 7) is 6.05. The van der Waals surface area contributed by atoms with Gasteiger partial charge in [-0.2, -0.15) is 0 Å². The van der Waals surface area contributed by atoms with Crippen molar-refractivity contribution in [2.75, 3.05) is 13.6 Å². The van der Waals surface area contributed by atoms with Crippen LogP contribution in [0.1, 0.15) is 35.3 Å². The first kappa shape index (κ1) is 18.0. The van der Waals surface area contributed by atoms with Gasteiger partial charge in [0.25, 0.3) is 5.91 Å². The molecule has 0 heterocycles. The molecule has 0 aromatic heterocycles. The van der Waals surface area contributed by atoms with Crippen LogP contribution < -0.4 is 4.74 Å². The molecule has 128 valence electrons. The minimum absolute atomic E-state index is 0.169. The fraction of sp³-hybridized carbons (Fsp3) is 0.350. The number of aryl methyl sites for hydroxylation is 1. The Balaban J connectivity index is 2.15. The SMILES string of the molecule is Cc1ccccc1COc1ccccc1C(=O)N(C)CC(C)(C)O. The topological polar surface area (TPSA) is 49.8 Å². The van der Waals surface area contributed by atoms with Gasteiger partial charge in [0.1, 0.15) is 12.4 Å². The standard InChI is InChI=1S/C20H25NO3/c1-15-9-5-6-10-16(15)13-24-18-12-8-7-11-17(18)19(22)21(4)14-20(2,3)23/h5-12,23H,13-14H2,1-4H3. The summed E-state index contributed by atoms with van der Waals surface area (Å²) in [6.07, 6.45) is 0. The van der Waals surface area contributed by atoms with Crippen LogP contribution in [0.5, 0.6) is 5.75 Å². The number of carbonyl (C=O) groups is 1. The summed E-state index contributed by atoms with van der Waals surface area (Å²) in [4.78, 5) is 14.2. The van der Waals surface area contributed by atoms with Crippen molar-refractivity contribution in [1.29, 1.82) is 0 Å². The summed E-state index contributed by atoms with van der Waals surface area (Å²) in [5.74, 6) is 0.380. The van der Waals surface area contributed by atoms with Crippen LogP contribution >= 0.6 is 0 Å². The van der Waals surface area contributed by atoms with E-state index in [0.29, 0.717) is 17.9 Å². The van der Waals surface area contributed by atoms with E-state index in [1.165, 1.54) is 4.90 Å². The number of para-hydroxylation sites is 1. The fourth-order valence-electron chi connectivity index (χ4n) is 2.55. The van der Waals surface area contributed by atoms with E-state index >= 15 is 0 Å². The van der Waals surface area contributed by atoms with Gasteiger partial charge < -0.3 is 14.7 Å². The maximum Gasteiger partial charge on any atom is 0.257 e. The Hall–Kier alpha value is -2.33. The molecular formula is C20H25NO3. The fourth-order valence-corrected chi connectivity index (χ4v) is 2.55. The number of hydrogen-bond donors (Lipinski definition) is 1. The van der Waals surface area contributed by atoms with Crippen LogP contribution in [-0.2, 0) is 6.61 Å². The third kappa shape index (κ3) is 4.83. The average Bonchev–Trinajstić information content (AvgIpc) is 2.52. The highest BCUT2D eigenvalue weighted by Crippen LogP contribution is 2.22. The lowest BCUT2D eigenvalue weighted by atomic mass is 10.1. The molecular weight excluding hydrogens is 302 g/mol. The number of rotatable bonds is 6. The third-order valence-electron chi connectivity index (χ3n) is 3.73. The Morgan fingerprint density at radius 2 is 1.75 bits per heavy atom. The zero-order chi connectivity index (χ0) is 17.7. The highest BCUT2D eigenvalue weighted by Gasteiger charge is 2.22. The maximum absolute atomic E-state index is 12.7. The number of likely N-dealkylation sites (N-methyl/N-ethyl adjacent to an activating group) is 1. The van der Waals surface area contributed by atoms with Crippen molar-refractivity contribution < 1.29 is 14.6 Å². The van der Waals surface area contributed by atoms with Gasteiger partial charge in [-0.15, -0.1) is 0 Å². The van der Waals surface area contributed by atoms with Crippen LogP contribution in [0.4, 0.5) is 0 Å². The molecule has 0 saturated heterocycles. The number of ether oxygens (including phenoxy) is 1. The summed E-state index contributed by atoms with van der Waals surface area (Å²) in [5, 5.41) is 9.91. The van der Waals surface area contributed by atoms with Crippen molar-refractivity contribution in [2.24, 2.45) is 0 Å². The number of nitrogens with zero attached hydrogens (tertiary/aromatic N) is 1. The molecule has 0 aliphatic rings. The van der Waals surface area contributed by atoms with Gasteiger partial charge in [0, 0.05) is 13.6 Å². The highest BCUT2D eigenvalue weighted by atomic mass is 16.5. The van der Waals surface area contributed by atoms with Crippen molar-refractivity contribution in [3.63, 3.8) is 0 Å².